The maximum absolute atomic E-state index is 13.1. The minimum atomic E-state index is -3.96. The van der Waals surface area contributed by atoms with E-state index in [0.29, 0.717) is 11.6 Å². The molecule has 0 spiro atoms. The highest BCUT2D eigenvalue weighted by atomic mass is 32.2. The van der Waals surface area contributed by atoms with Crippen LogP contribution in [0.2, 0.25) is 0 Å². The van der Waals surface area contributed by atoms with Crippen LogP contribution < -0.4 is 4.90 Å². The maximum atomic E-state index is 13.1. The van der Waals surface area contributed by atoms with Gasteiger partial charge in [0.1, 0.15) is 6.04 Å². The Morgan fingerprint density at radius 3 is 2.28 bits per heavy atom. The number of carbonyl (C=O) groups excluding carboxylic acids is 2. The van der Waals surface area contributed by atoms with Crippen LogP contribution >= 0.6 is 0 Å². The number of imide groups is 1. The van der Waals surface area contributed by atoms with Crippen LogP contribution in [0.1, 0.15) is 31.7 Å². The van der Waals surface area contributed by atoms with Gasteiger partial charge in [0.15, 0.2) is 0 Å². The molecule has 1 aliphatic heterocycles. The zero-order valence-corrected chi connectivity index (χ0v) is 17.3. The molecular weight excluding hydrogens is 388 g/mol. The molecule has 0 N–H and O–H groups in total. The molecule has 1 aliphatic rings. The molecule has 0 bridgehead atoms. The van der Waals surface area contributed by atoms with Gasteiger partial charge in [-0.05, 0) is 35.7 Å². The fourth-order valence-corrected chi connectivity index (χ4v) is 4.94. The molecule has 2 aromatic carbocycles. The molecule has 7 heteroatoms. The molecule has 3 rings (SSSR count). The van der Waals surface area contributed by atoms with Crippen molar-refractivity contribution in [3.63, 3.8) is 0 Å². The van der Waals surface area contributed by atoms with Crippen molar-refractivity contribution in [3.05, 3.63) is 72.8 Å². The Bertz CT molecular complexity index is 1010. The first-order chi connectivity index (χ1) is 13.8. The Balaban J connectivity index is 1.94. The van der Waals surface area contributed by atoms with Gasteiger partial charge in [-0.1, -0.05) is 50.3 Å². The van der Waals surface area contributed by atoms with Crippen molar-refractivity contribution >= 4 is 27.5 Å². The molecule has 152 valence electrons. The smallest absolute Gasteiger partial charge is 0.252 e. The van der Waals surface area contributed by atoms with Gasteiger partial charge in [-0.2, -0.15) is 4.31 Å². The van der Waals surface area contributed by atoms with E-state index in [0.717, 1.165) is 14.8 Å². The number of benzene rings is 2. The molecule has 1 fully saturated rings. The third-order valence-corrected chi connectivity index (χ3v) is 6.84. The molecule has 2 amide bonds. The van der Waals surface area contributed by atoms with E-state index < -0.39 is 27.9 Å². The largest absolute Gasteiger partial charge is 0.274 e. The van der Waals surface area contributed by atoms with E-state index in [9.17, 15) is 18.0 Å². The standard InChI is InChI=1S/C22H24N2O4S/c1-4-14-23(29(27,28)19-8-6-5-7-9-19)20-15-21(25)24(22(20)26)18-12-10-17(11-13-18)16(2)3/h4-13,16,20H,1,14-15H2,2-3H3. The minimum absolute atomic E-state index is 0.0684. The number of nitrogens with zero attached hydrogens (tertiary/aromatic N) is 2. The lowest BCUT2D eigenvalue weighted by Gasteiger charge is -2.25. The second-order valence-corrected chi connectivity index (χ2v) is 9.10. The molecule has 0 aliphatic carbocycles. The van der Waals surface area contributed by atoms with Gasteiger partial charge in [0.2, 0.25) is 15.9 Å². The first-order valence-electron chi connectivity index (χ1n) is 9.42. The van der Waals surface area contributed by atoms with Crippen LogP contribution in [0.15, 0.2) is 72.1 Å². The van der Waals surface area contributed by atoms with Crippen molar-refractivity contribution in [3.8, 4) is 0 Å². The first-order valence-corrected chi connectivity index (χ1v) is 10.9. The van der Waals surface area contributed by atoms with Crippen molar-refractivity contribution in [2.24, 2.45) is 0 Å². The van der Waals surface area contributed by atoms with E-state index in [2.05, 4.69) is 20.4 Å². The van der Waals surface area contributed by atoms with Crippen LogP contribution in [0.3, 0.4) is 0 Å². The van der Waals surface area contributed by atoms with Gasteiger partial charge >= 0.3 is 0 Å². The second kappa shape index (κ2) is 8.31. The van der Waals surface area contributed by atoms with Crippen LogP contribution in [0.4, 0.5) is 5.69 Å². The second-order valence-electron chi connectivity index (χ2n) is 7.21. The fraction of sp³-hybridized carbons (Fsp3) is 0.273. The summed E-state index contributed by atoms with van der Waals surface area (Å²) in [5, 5.41) is 0. The molecule has 0 radical (unpaired) electrons. The van der Waals surface area contributed by atoms with E-state index in [1.54, 1.807) is 30.3 Å². The lowest BCUT2D eigenvalue weighted by Crippen LogP contribution is -2.45. The molecule has 1 unspecified atom stereocenters. The Labute approximate surface area is 171 Å². The van der Waals surface area contributed by atoms with Crippen molar-refractivity contribution in [1.82, 2.24) is 4.31 Å². The van der Waals surface area contributed by atoms with E-state index >= 15 is 0 Å². The summed E-state index contributed by atoms with van der Waals surface area (Å²) in [6.45, 7) is 7.65. The SMILES string of the molecule is C=CCN(C1CC(=O)N(c2ccc(C(C)C)cc2)C1=O)S(=O)(=O)c1ccccc1. The summed E-state index contributed by atoms with van der Waals surface area (Å²) >= 11 is 0. The van der Waals surface area contributed by atoms with E-state index in [4.69, 9.17) is 0 Å². The first kappa shape index (κ1) is 21.0. The molecule has 1 heterocycles. The number of sulfonamides is 1. The molecule has 0 saturated carbocycles. The molecule has 29 heavy (non-hydrogen) atoms. The third kappa shape index (κ3) is 4.02. The summed E-state index contributed by atoms with van der Waals surface area (Å²) in [7, 11) is -3.96. The predicted molar refractivity (Wildman–Crippen MR) is 112 cm³/mol. The Morgan fingerprint density at radius 2 is 1.72 bits per heavy atom. The van der Waals surface area contributed by atoms with Gasteiger partial charge in [-0.15, -0.1) is 6.58 Å². The molecule has 1 saturated heterocycles. The van der Waals surface area contributed by atoms with Gasteiger partial charge < -0.3 is 0 Å². The molecule has 0 aromatic heterocycles. The monoisotopic (exact) mass is 412 g/mol. The maximum Gasteiger partial charge on any atom is 0.252 e. The summed E-state index contributed by atoms with van der Waals surface area (Å²) < 4.78 is 27.3. The van der Waals surface area contributed by atoms with E-state index in [1.807, 2.05) is 12.1 Å². The average Bonchev–Trinajstić information content (AvgIpc) is 3.00. The Kier molecular flexibility index (Phi) is 6.00. The van der Waals surface area contributed by atoms with Crippen molar-refractivity contribution in [2.45, 2.75) is 37.1 Å². The molecule has 1 atom stereocenters. The van der Waals surface area contributed by atoms with Gasteiger partial charge in [-0.3, -0.25) is 9.59 Å². The zero-order valence-electron chi connectivity index (χ0n) is 16.5. The highest BCUT2D eigenvalue weighted by Gasteiger charge is 2.46. The highest BCUT2D eigenvalue weighted by molar-refractivity contribution is 7.89. The van der Waals surface area contributed by atoms with Crippen molar-refractivity contribution in [2.75, 3.05) is 11.4 Å². The van der Waals surface area contributed by atoms with E-state index in [1.165, 1.54) is 18.2 Å². The Morgan fingerprint density at radius 1 is 1.10 bits per heavy atom. The van der Waals surface area contributed by atoms with Gasteiger partial charge in [0.25, 0.3) is 5.91 Å². The van der Waals surface area contributed by atoms with Crippen LogP contribution in [-0.2, 0) is 19.6 Å². The summed E-state index contributed by atoms with van der Waals surface area (Å²) in [6.07, 6.45) is 1.21. The average molecular weight is 413 g/mol. The highest BCUT2D eigenvalue weighted by Crippen LogP contribution is 2.30. The molecule has 2 aromatic rings. The number of hydrogen-bond acceptors (Lipinski definition) is 4. The topological polar surface area (TPSA) is 74.8 Å². The fourth-order valence-electron chi connectivity index (χ4n) is 3.37. The van der Waals surface area contributed by atoms with Crippen LogP contribution in [-0.4, -0.2) is 37.1 Å². The molecule has 6 nitrogen and oxygen atoms in total. The van der Waals surface area contributed by atoms with Gasteiger partial charge in [0.05, 0.1) is 17.0 Å². The summed E-state index contributed by atoms with van der Waals surface area (Å²) in [6, 6.07) is 14.0. The van der Waals surface area contributed by atoms with Crippen LogP contribution in [0, 0.1) is 0 Å². The van der Waals surface area contributed by atoms with Crippen LogP contribution in [0.25, 0.3) is 0 Å². The number of carbonyl (C=O) groups is 2. The predicted octanol–water partition coefficient (Wildman–Crippen LogP) is 3.32. The van der Waals surface area contributed by atoms with Crippen molar-refractivity contribution < 1.29 is 18.0 Å². The quantitative estimate of drug-likeness (QED) is 0.516. The molecular formula is C22H24N2O4S. The summed E-state index contributed by atoms with van der Waals surface area (Å²) in [5.41, 5.74) is 1.53. The summed E-state index contributed by atoms with van der Waals surface area (Å²) in [5.74, 6) is -0.649. The van der Waals surface area contributed by atoms with E-state index in [-0.39, 0.29) is 17.9 Å². The van der Waals surface area contributed by atoms with Crippen molar-refractivity contribution in [1.29, 1.82) is 0 Å². The lowest BCUT2D eigenvalue weighted by atomic mass is 10.0. The number of anilines is 1. The van der Waals surface area contributed by atoms with Gasteiger partial charge in [0, 0.05) is 6.54 Å². The Hall–Kier alpha value is -2.77. The normalized spacial score (nSPS) is 17.4. The zero-order chi connectivity index (χ0) is 21.2. The number of amides is 2. The number of rotatable bonds is 7. The van der Waals surface area contributed by atoms with Gasteiger partial charge in [-0.25, -0.2) is 13.3 Å². The third-order valence-electron chi connectivity index (χ3n) is 4.95. The lowest BCUT2D eigenvalue weighted by molar-refractivity contribution is -0.122. The summed E-state index contributed by atoms with van der Waals surface area (Å²) in [4.78, 5) is 26.9. The minimum Gasteiger partial charge on any atom is -0.274 e. The number of hydrogen-bond donors (Lipinski definition) is 0. The van der Waals surface area contributed by atoms with Crippen LogP contribution in [0.5, 0.6) is 0 Å².